The normalized spacial score (nSPS) is 11.8. The van der Waals surface area contributed by atoms with Crippen LogP contribution in [0.15, 0.2) is 54.6 Å². The van der Waals surface area contributed by atoms with Crippen molar-refractivity contribution >= 4 is 5.91 Å². The molecule has 0 saturated heterocycles. The molecule has 1 amide bonds. The number of benzene rings is 2. The van der Waals surface area contributed by atoms with E-state index in [0.717, 1.165) is 25.1 Å². The van der Waals surface area contributed by atoms with Gasteiger partial charge in [0.05, 0.1) is 11.6 Å². The molecule has 0 saturated carbocycles. The molecule has 1 N–H and O–H groups in total. The molecule has 0 aliphatic heterocycles. The Kier molecular flexibility index (Phi) is 8.54. The second-order valence-electron chi connectivity index (χ2n) is 6.68. The lowest BCUT2D eigenvalue weighted by Gasteiger charge is -2.30. The van der Waals surface area contributed by atoms with Gasteiger partial charge >= 0.3 is 0 Å². The van der Waals surface area contributed by atoms with Crippen LogP contribution in [0.4, 0.5) is 0 Å². The topological polar surface area (TPSA) is 56.1 Å². The van der Waals surface area contributed by atoms with Gasteiger partial charge in [0.2, 0.25) is 5.91 Å². The van der Waals surface area contributed by atoms with Gasteiger partial charge in [0.1, 0.15) is 0 Å². The van der Waals surface area contributed by atoms with Crippen molar-refractivity contribution in [3.05, 3.63) is 71.3 Å². The summed E-state index contributed by atoms with van der Waals surface area (Å²) in [6.45, 7) is 6.91. The van der Waals surface area contributed by atoms with Gasteiger partial charge in [-0.2, -0.15) is 5.26 Å². The van der Waals surface area contributed by atoms with Crippen LogP contribution in [0.1, 0.15) is 37.0 Å². The van der Waals surface area contributed by atoms with E-state index in [2.05, 4.69) is 54.4 Å². The van der Waals surface area contributed by atoms with Crippen molar-refractivity contribution in [2.45, 2.75) is 39.2 Å². The van der Waals surface area contributed by atoms with Gasteiger partial charge in [-0.1, -0.05) is 56.3 Å². The quantitative estimate of drug-likeness (QED) is 0.702. The third kappa shape index (κ3) is 6.88. The molecule has 4 heteroatoms. The van der Waals surface area contributed by atoms with Crippen molar-refractivity contribution < 1.29 is 4.79 Å². The molecule has 1 atom stereocenters. The minimum Gasteiger partial charge on any atom is -0.355 e. The zero-order valence-corrected chi connectivity index (χ0v) is 16.3. The van der Waals surface area contributed by atoms with Gasteiger partial charge in [0.25, 0.3) is 0 Å². The summed E-state index contributed by atoms with van der Waals surface area (Å²) >= 11 is 0. The molecule has 0 fully saturated rings. The van der Waals surface area contributed by atoms with Gasteiger partial charge in [-0.05, 0) is 49.2 Å². The summed E-state index contributed by atoms with van der Waals surface area (Å²) in [6.07, 6.45) is 2.08. The van der Waals surface area contributed by atoms with E-state index >= 15 is 0 Å². The Morgan fingerprint density at radius 2 is 1.70 bits per heavy atom. The SMILES string of the molecule is CCN(CC)[C@H](CNC(=O)CCc1ccc(C#N)cc1)Cc1ccccc1. The van der Waals surface area contributed by atoms with E-state index in [4.69, 9.17) is 5.26 Å². The zero-order valence-electron chi connectivity index (χ0n) is 16.3. The van der Waals surface area contributed by atoms with Crippen LogP contribution in [0.25, 0.3) is 0 Å². The number of hydrogen-bond donors (Lipinski definition) is 1. The number of carbonyl (C=O) groups excluding carboxylic acids is 1. The average Bonchev–Trinajstić information content (AvgIpc) is 2.72. The van der Waals surface area contributed by atoms with Crippen molar-refractivity contribution in [1.29, 1.82) is 5.26 Å². The van der Waals surface area contributed by atoms with E-state index in [0.29, 0.717) is 31.0 Å². The highest BCUT2D eigenvalue weighted by molar-refractivity contribution is 5.76. The van der Waals surface area contributed by atoms with Crippen molar-refractivity contribution in [3.63, 3.8) is 0 Å². The fourth-order valence-electron chi connectivity index (χ4n) is 3.28. The fraction of sp³-hybridized carbons (Fsp3) is 0.391. The van der Waals surface area contributed by atoms with Crippen LogP contribution in [0, 0.1) is 11.3 Å². The van der Waals surface area contributed by atoms with Crippen LogP contribution in [0.2, 0.25) is 0 Å². The van der Waals surface area contributed by atoms with Crippen molar-refractivity contribution in [2.24, 2.45) is 0 Å². The van der Waals surface area contributed by atoms with Crippen LogP contribution in [0.3, 0.4) is 0 Å². The van der Waals surface area contributed by atoms with Crippen molar-refractivity contribution in [1.82, 2.24) is 10.2 Å². The summed E-state index contributed by atoms with van der Waals surface area (Å²) in [6, 6.07) is 20.3. The Balaban J connectivity index is 1.86. The van der Waals surface area contributed by atoms with E-state index in [1.54, 1.807) is 12.1 Å². The fourth-order valence-corrected chi connectivity index (χ4v) is 3.28. The largest absolute Gasteiger partial charge is 0.355 e. The maximum Gasteiger partial charge on any atom is 0.220 e. The molecule has 2 aromatic carbocycles. The maximum atomic E-state index is 12.3. The molecule has 0 unspecified atom stereocenters. The lowest BCUT2D eigenvalue weighted by molar-refractivity contribution is -0.121. The highest BCUT2D eigenvalue weighted by Gasteiger charge is 2.17. The molecule has 0 aliphatic carbocycles. The van der Waals surface area contributed by atoms with Crippen LogP contribution in [-0.4, -0.2) is 36.5 Å². The summed E-state index contributed by atoms with van der Waals surface area (Å²) in [7, 11) is 0. The number of likely N-dealkylation sites (N-methyl/N-ethyl adjacent to an activating group) is 1. The number of nitriles is 1. The molecule has 27 heavy (non-hydrogen) atoms. The first-order chi connectivity index (χ1) is 13.2. The standard InChI is InChI=1S/C23H29N3O/c1-3-26(4-2)22(16-20-8-6-5-7-9-20)18-25-23(27)15-14-19-10-12-21(17-24)13-11-19/h5-13,22H,3-4,14-16,18H2,1-2H3,(H,25,27)/t22-/m0/s1. The third-order valence-electron chi connectivity index (χ3n) is 4.90. The van der Waals surface area contributed by atoms with Crippen LogP contribution in [0.5, 0.6) is 0 Å². The molecule has 142 valence electrons. The predicted octanol–water partition coefficient (Wildman–Crippen LogP) is 3.56. The van der Waals surface area contributed by atoms with Gasteiger partial charge in [-0.15, -0.1) is 0 Å². The molecule has 2 rings (SSSR count). The van der Waals surface area contributed by atoms with Crippen LogP contribution < -0.4 is 5.32 Å². The highest BCUT2D eigenvalue weighted by atomic mass is 16.1. The maximum absolute atomic E-state index is 12.3. The molecular formula is C23H29N3O. The molecule has 0 spiro atoms. The summed E-state index contributed by atoms with van der Waals surface area (Å²) < 4.78 is 0. The Bertz CT molecular complexity index is 730. The lowest BCUT2D eigenvalue weighted by atomic mass is 10.0. The summed E-state index contributed by atoms with van der Waals surface area (Å²) in [4.78, 5) is 14.7. The second kappa shape index (κ2) is 11.2. The van der Waals surface area contributed by atoms with E-state index in [9.17, 15) is 4.79 Å². The lowest BCUT2D eigenvalue weighted by Crippen LogP contribution is -2.45. The minimum absolute atomic E-state index is 0.0737. The second-order valence-corrected chi connectivity index (χ2v) is 6.68. The molecule has 4 nitrogen and oxygen atoms in total. The molecule has 0 heterocycles. The smallest absolute Gasteiger partial charge is 0.220 e. The average molecular weight is 364 g/mol. The highest BCUT2D eigenvalue weighted by Crippen LogP contribution is 2.09. The first-order valence-electron chi connectivity index (χ1n) is 9.70. The number of carbonyl (C=O) groups is 1. The van der Waals surface area contributed by atoms with Gasteiger partial charge in [-0.3, -0.25) is 9.69 Å². The molecule has 0 aliphatic rings. The number of hydrogen-bond acceptors (Lipinski definition) is 3. The van der Waals surface area contributed by atoms with Crippen LogP contribution in [-0.2, 0) is 17.6 Å². The number of nitrogens with one attached hydrogen (secondary N) is 1. The number of nitrogens with zero attached hydrogens (tertiary/aromatic N) is 2. The van der Waals surface area contributed by atoms with Gasteiger partial charge in [-0.25, -0.2) is 0 Å². The van der Waals surface area contributed by atoms with Crippen LogP contribution >= 0.6 is 0 Å². The molecule has 0 bridgehead atoms. The predicted molar refractivity (Wildman–Crippen MR) is 109 cm³/mol. The number of rotatable bonds is 10. The van der Waals surface area contributed by atoms with E-state index in [1.807, 2.05) is 18.2 Å². The van der Waals surface area contributed by atoms with E-state index in [-0.39, 0.29) is 5.91 Å². The first kappa shape index (κ1) is 20.7. The molecule has 0 radical (unpaired) electrons. The Morgan fingerprint density at radius 3 is 2.30 bits per heavy atom. The molecular weight excluding hydrogens is 334 g/mol. The number of amides is 1. The summed E-state index contributed by atoms with van der Waals surface area (Å²) in [5.74, 6) is 0.0737. The number of aryl methyl sites for hydroxylation is 1. The first-order valence-corrected chi connectivity index (χ1v) is 9.70. The zero-order chi connectivity index (χ0) is 19.5. The Labute approximate surface area is 162 Å². The van der Waals surface area contributed by atoms with Crippen molar-refractivity contribution in [2.75, 3.05) is 19.6 Å². The third-order valence-corrected chi connectivity index (χ3v) is 4.90. The van der Waals surface area contributed by atoms with E-state index in [1.165, 1.54) is 5.56 Å². The Hall–Kier alpha value is -2.64. The minimum atomic E-state index is 0.0737. The Morgan fingerprint density at radius 1 is 1.04 bits per heavy atom. The molecule has 0 aromatic heterocycles. The van der Waals surface area contributed by atoms with E-state index < -0.39 is 0 Å². The van der Waals surface area contributed by atoms with Crippen molar-refractivity contribution in [3.8, 4) is 6.07 Å². The van der Waals surface area contributed by atoms with Gasteiger partial charge in [0, 0.05) is 19.0 Å². The monoisotopic (exact) mass is 363 g/mol. The summed E-state index contributed by atoms with van der Waals surface area (Å²) in [5, 5.41) is 12.0. The summed E-state index contributed by atoms with van der Waals surface area (Å²) in [5.41, 5.74) is 3.01. The van der Waals surface area contributed by atoms with Gasteiger partial charge in [0.15, 0.2) is 0 Å². The van der Waals surface area contributed by atoms with Gasteiger partial charge < -0.3 is 5.32 Å². The molecule has 2 aromatic rings.